The molecule has 0 atom stereocenters. The predicted octanol–water partition coefficient (Wildman–Crippen LogP) is 0.762. The molecule has 156 valence electrons. The maximum Gasteiger partial charge on any atom is 0.328 e. The highest BCUT2D eigenvalue weighted by Crippen LogP contribution is 2.18. The van der Waals surface area contributed by atoms with Crippen molar-refractivity contribution in [3.8, 4) is 6.01 Å². The largest absolute Gasteiger partial charge is 0.463 e. The van der Waals surface area contributed by atoms with Gasteiger partial charge in [-0.15, -0.1) is 0 Å². The first-order chi connectivity index (χ1) is 14.1. The zero-order valence-electron chi connectivity index (χ0n) is 16.6. The molecule has 0 aromatic carbocycles. The van der Waals surface area contributed by atoms with Crippen LogP contribution in [-0.4, -0.2) is 44.2 Å². The topological polar surface area (TPSA) is 150 Å². The molecule has 0 aliphatic carbocycles. The monoisotopic (exact) mass is 400 g/mol. The number of pyridine rings is 1. The Labute approximate surface area is 168 Å². The molecule has 29 heavy (non-hydrogen) atoms. The average molecular weight is 400 g/mol. The number of hydrogen-bond donors (Lipinski definition) is 4. The van der Waals surface area contributed by atoms with E-state index in [2.05, 4.69) is 32.2 Å². The maximum absolute atomic E-state index is 12.4. The molecule has 0 unspecified atom stereocenters. The van der Waals surface area contributed by atoms with Gasteiger partial charge in [-0.3, -0.25) is 9.55 Å². The lowest BCUT2D eigenvalue weighted by molar-refractivity contribution is 0.286. The summed E-state index contributed by atoms with van der Waals surface area (Å²) < 4.78 is 7.05. The first-order valence-electron chi connectivity index (χ1n) is 9.85. The van der Waals surface area contributed by atoms with Crippen LogP contribution in [0.25, 0.3) is 11.2 Å². The van der Waals surface area contributed by atoms with E-state index in [1.807, 2.05) is 12.1 Å². The maximum atomic E-state index is 12.4. The van der Waals surface area contributed by atoms with Crippen LogP contribution in [0.4, 0.5) is 5.82 Å². The number of H-pyrrole nitrogens is 1. The number of aromatic amines is 1. The number of hydrogen-bond acceptors (Lipinski definition) is 8. The lowest BCUT2D eigenvalue weighted by Crippen LogP contribution is -2.19. The van der Waals surface area contributed by atoms with E-state index in [4.69, 9.17) is 16.2 Å². The molecule has 0 spiro atoms. The number of nitrogens with two attached hydrogens (primary N) is 2. The Balaban J connectivity index is 1.76. The van der Waals surface area contributed by atoms with Gasteiger partial charge in [0, 0.05) is 12.7 Å². The third-order valence-electron chi connectivity index (χ3n) is 4.45. The Morgan fingerprint density at radius 2 is 2.14 bits per heavy atom. The molecule has 0 bridgehead atoms. The quantitative estimate of drug-likeness (QED) is 0.345. The second kappa shape index (κ2) is 9.99. The minimum atomic E-state index is -0.318. The van der Waals surface area contributed by atoms with Crippen LogP contribution in [0.2, 0.25) is 0 Å². The van der Waals surface area contributed by atoms with Gasteiger partial charge in [-0.2, -0.15) is 9.97 Å². The number of fused-ring (bicyclic) bond motifs is 1. The summed E-state index contributed by atoms with van der Waals surface area (Å²) in [6.07, 6.45) is 4.62. The Kier molecular flexibility index (Phi) is 7.14. The van der Waals surface area contributed by atoms with Crippen molar-refractivity contribution in [3.05, 3.63) is 40.1 Å². The van der Waals surface area contributed by atoms with Crippen LogP contribution in [-0.2, 0) is 13.1 Å². The van der Waals surface area contributed by atoms with Gasteiger partial charge >= 0.3 is 11.7 Å². The lowest BCUT2D eigenvalue weighted by atomic mass is 10.2. The molecule has 3 aromatic rings. The van der Waals surface area contributed by atoms with Crippen molar-refractivity contribution in [3.63, 3.8) is 0 Å². The van der Waals surface area contributed by atoms with E-state index in [0.29, 0.717) is 24.3 Å². The second-order valence-electron chi connectivity index (χ2n) is 6.79. The average Bonchev–Trinajstić information content (AvgIpc) is 3.03. The van der Waals surface area contributed by atoms with Crippen LogP contribution in [0, 0.1) is 0 Å². The molecule has 10 nitrogen and oxygen atoms in total. The number of ether oxygens (including phenoxy) is 1. The normalized spacial score (nSPS) is 11.2. The number of unbranched alkanes of at least 4 members (excludes halogenated alkanes) is 1. The van der Waals surface area contributed by atoms with Gasteiger partial charge in [-0.05, 0) is 37.6 Å². The fraction of sp³-hybridized carbons (Fsp3) is 0.474. The first-order valence-corrected chi connectivity index (χ1v) is 9.85. The van der Waals surface area contributed by atoms with E-state index in [0.717, 1.165) is 43.6 Å². The molecule has 0 amide bonds. The van der Waals surface area contributed by atoms with Gasteiger partial charge in [0.2, 0.25) is 0 Å². The number of imidazole rings is 1. The van der Waals surface area contributed by atoms with Crippen molar-refractivity contribution in [2.24, 2.45) is 5.73 Å². The molecule has 6 N–H and O–H groups in total. The Morgan fingerprint density at radius 1 is 1.28 bits per heavy atom. The molecule has 0 fully saturated rings. The Morgan fingerprint density at radius 3 is 2.86 bits per heavy atom. The van der Waals surface area contributed by atoms with E-state index >= 15 is 0 Å². The zero-order valence-corrected chi connectivity index (χ0v) is 16.6. The third-order valence-corrected chi connectivity index (χ3v) is 4.45. The molecule has 3 heterocycles. The van der Waals surface area contributed by atoms with E-state index in [1.54, 1.807) is 6.20 Å². The highest BCUT2D eigenvalue weighted by molar-refractivity contribution is 5.81. The molecular weight excluding hydrogens is 372 g/mol. The minimum absolute atomic E-state index is 0.170. The van der Waals surface area contributed by atoms with E-state index in [1.165, 1.54) is 4.57 Å². The van der Waals surface area contributed by atoms with Gasteiger partial charge in [0.15, 0.2) is 11.5 Å². The first kappa shape index (κ1) is 20.7. The van der Waals surface area contributed by atoms with Gasteiger partial charge < -0.3 is 26.5 Å². The van der Waals surface area contributed by atoms with Crippen molar-refractivity contribution in [1.82, 2.24) is 29.8 Å². The van der Waals surface area contributed by atoms with Crippen LogP contribution in [0.5, 0.6) is 6.01 Å². The summed E-state index contributed by atoms with van der Waals surface area (Å²) in [4.78, 5) is 28.1. The molecule has 0 aliphatic rings. The van der Waals surface area contributed by atoms with Crippen LogP contribution in [0.3, 0.4) is 0 Å². The molecule has 3 aromatic heterocycles. The number of aromatic nitrogens is 5. The fourth-order valence-electron chi connectivity index (χ4n) is 2.82. The highest BCUT2D eigenvalue weighted by atomic mass is 16.5. The predicted molar refractivity (Wildman–Crippen MR) is 112 cm³/mol. The smallest absolute Gasteiger partial charge is 0.328 e. The Bertz CT molecular complexity index is 980. The fourth-order valence-corrected chi connectivity index (χ4v) is 2.82. The van der Waals surface area contributed by atoms with Crippen molar-refractivity contribution in [1.29, 1.82) is 0 Å². The standard InChI is InChI=1S/C19H28N8O2/c1-2-3-9-29-18-25-16(21)15-17(26-18)27(19(28)24-15)12-14-6-5-13(11-23-14)10-22-8-4-7-20/h5-6,11,22H,2-4,7-10,12,20H2,1H3,(H,24,28)(H2,21,25,26). The summed E-state index contributed by atoms with van der Waals surface area (Å²) in [7, 11) is 0. The van der Waals surface area contributed by atoms with Gasteiger partial charge in [-0.1, -0.05) is 19.4 Å². The zero-order chi connectivity index (χ0) is 20.6. The van der Waals surface area contributed by atoms with Crippen LogP contribution in [0.1, 0.15) is 37.4 Å². The van der Waals surface area contributed by atoms with Crippen molar-refractivity contribution >= 4 is 17.0 Å². The van der Waals surface area contributed by atoms with Crippen LogP contribution in [0.15, 0.2) is 23.1 Å². The summed E-state index contributed by atoms with van der Waals surface area (Å²) in [5.41, 5.74) is 13.8. The highest BCUT2D eigenvalue weighted by Gasteiger charge is 2.15. The van der Waals surface area contributed by atoms with Gasteiger partial charge in [0.25, 0.3) is 0 Å². The van der Waals surface area contributed by atoms with Gasteiger partial charge in [0.1, 0.15) is 5.52 Å². The number of nitrogen functional groups attached to an aromatic ring is 1. The van der Waals surface area contributed by atoms with Crippen LogP contribution < -0.4 is 27.2 Å². The van der Waals surface area contributed by atoms with E-state index in [9.17, 15) is 4.79 Å². The SMILES string of the molecule is CCCCOc1nc(N)c2[nH]c(=O)n(Cc3ccc(CNCCCN)cn3)c2n1. The second-order valence-corrected chi connectivity index (χ2v) is 6.79. The van der Waals surface area contributed by atoms with Crippen LogP contribution >= 0.6 is 0 Å². The van der Waals surface area contributed by atoms with Gasteiger partial charge in [-0.25, -0.2) is 4.79 Å². The number of nitrogens with one attached hydrogen (secondary N) is 2. The molecule has 0 saturated carbocycles. The molecule has 3 rings (SSSR count). The molecular formula is C19H28N8O2. The summed E-state index contributed by atoms with van der Waals surface area (Å²) in [6.45, 7) is 5.10. The number of rotatable bonds is 11. The van der Waals surface area contributed by atoms with E-state index in [-0.39, 0.29) is 24.1 Å². The van der Waals surface area contributed by atoms with Crippen molar-refractivity contribution in [2.45, 2.75) is 39.3 Å². The number of nitrogens with zero attached hydrogens (tertiary/aromatic N) is 4. The third kappa shape index (κ3) is 5.30. The summed E-state index contributed by atoms with van der Waals surface area (Å²) >= 11 is 0. The van der Waals surface area contributed by atoms with Crippen molar-refractivity contribution < 1.29 is 4.74 Å². The molecule has 10 heteroatoms. The lowest BCUT2D eigenvalue weighted by Gasteiger charge is -2.07. The van der Waals surface area contributed by atoms with Crippen molar-refractivity contribution in [2.75, 3.05) is 25.4 Å². The summed E-state index contributed by atoms with van der Waals surface area (Å²) in [5, 5.41) is 3.31. The summed E-state index contributed by atoms with van der Waals surface area (Å²) in [6, 6.07) is 4.05. The summed E-state index contributed by atoms with van der Waals surface area (Å²) in [5.74, 6) is 0.184. The molecule has 0 radical (unpaired) electrons. The molecule has 0 aliphatic heterocycles. The van der Waals surface area contributed by atoms with Gasteiger partial charge in [0.05, 0.1) is 18.8 Å². The minimum Gasteiger partial charge on any atom is -0.463 e. The van der Waals surface area contributed by atoms with E-state index < -0.39 is 0 Å². The Hall–Kier alpha value is -2.98. The number of anilines is 1. The molecule has 0 saturated heterocycles.